The lowest BCUT2D eigenvalue weighted by atomic mass is 10.1. The number of hydrogen-bond donors (Lipinski definition) is 1. The number of nitrogens with one attached hydrogen (secondary N) is 1. The third kappa shape index (κ3) is 5.11. The molecular formula is C16H18F2N2O. The molecule has 1 aromatic heterocycles. The predicted octanol–water partition coefficient (Wildman–Crippen LogP) is 4.04. The highest BCUT2D eigenvalue weighted by Gasteiger charge is 2.09. The second-order valence-electron chi connectivity index (χ2n) is 5.81. The van der Waals surface area contributed by atoms with Crippen LogP contribution in [-0.2, 0) is 6.54 Å². The van der Waals surface area contributed by atoms with Crippen molar-refractivity contribution in [2.45, 2.75) is 32.9 Å². The minimum absolute atomic E-state index is 0.00399. The van der Waals surface area contributed by atoms with Crippen molar-refractivity contribution in [3.05, 3.63) is 53.7 Å². The normalized spacial score (nSPS) is 11.5. The fourth-order valence-electron chi connectivity index (χ4n) is 1.69. The fourth-order valence-corrected chi connectivity index (χ4v) is 1.69. The molecular weight excluding hydrogens is 274 g/mol. The zero-order valence-electron chi connectivity index (χ0n) is 12.3. The van der Waals surface area contributed by atoms with E-state index in [1.165, 1.54) is 0 Å². The Balaban J connectivity index is 2.10. The fraction of sp³-hybridized carbons (Fsp3) is 0.312. The lowest BCUT2D eigenvalue weighted by Crippen LogP contribution is -2.35. The van der Waals surface area contributed by atoms with Crippen molar-refractivity contribution in [1.82, 2.24) is 10.3 Å². The number of hydrogen-bond acceptors (Lipinski definition) is 3. The lowest BCUT2D eigenvalue weighted by Gasteiger charge is -2.20. The van der Waals surface area contributed by atoms with Gasteiger partial charge in [0, 0.05) is 42.5 Å². The summed E-state index contributed by atoms with van der Waals surface area (Å²) in [4.78, 5) is 4.04. The summed E-state index contributed by atoms with van der Waals surface area (Å²) in [6.45, 7) is 6.86. The van der Waals surface area contributed by atoms with Gasteiger partial charge in [-0.1, -0.05) is 0 Å². The van der Waals surface area contributed by atoms with Gasteiger partial charge in [0.2, 0.25) is 5.88 Å². The molecule has 0 saturated heterocycles. The number of pyridine rings is 1. The monoisotopic (exact) mass is 292 g/mol. The zero-order chi connectivity index (χ0) is 15.5. The molecule has 0 saturated carbocycles. The molecule has 1 heterocycles. The zero-order valence-corrected chi connectivity index (χ0v) is 12.3. The van der Waals surface area contributed by atoms with E-state index in [0.29, 0.717) is 12.4 Å². The second-order valence-corrected chi connectivity index (χ2v) is 5.81. The minimum atomic E-state index is -0.685. The first-order valence-corrected chi connectivity index (χ1v) is 6.66. The minimum Gasteiger partial charge on any atom is -0.439 e. The summed E-state index contributed by atoms with van der Waals surface area (Å²) in [6, 6.07) is 6.62. The van der Waals surface area contributed by atoms with Gasteiger partial charge in [0.15, 0.2) is 0 Å². The van der Waals surface area contributed by atoms with Crippen molar-refractivity contribution >= 4 is 0 Å². The first-order chi connectivity index (χ1) is 9.82. The average Bonchev–Trinajstić information content (AvgIpc) is 2.35. The van der Waals surface area contributed by atoms with Gasteiger partial charge in [-0.3, -0.25) is 0 Å². The molecule has 21 heavy (non-hydrogen) atoms. The van der Waals surface area contributed by atoms with Crippen LogP contribution in [0.2, 0.25) is 0 Å². The van der Waals surface area contributed by atoms with Gasteiger partial charge in [0.25, 0.3) is 0 Å². The largest absolute Gasteiger partial charge is 0.439 e. The summed E-state index contributed by atoms with van der Waals surface area (Å²) < 4.78 is 31.6. The van der Waals surface area contributed by atoms with Crippen LogP contribution in [0.1, 0.15) is 26.3 Å². The summed E-state index contributed by atoms with van der Waals surface area (Å²) in [7, 11) is 0. The Bertz CT molecular complexity index is 604. The van der Waals surface area contributed by atoms with Crippen LogP contribution in [0.5, 0.6) is 11.6 Å². The Kier molecular flexibility index (Phi) is 4.53. The van der Waals surface area contributed by atoms with Crippen LogP contribution in [-0.4, -0.2) is 10.5 Å². The van der Waals surface area contributed by atoms with E-state index in [-0.39, 0.29) is 11.3 Å². The molecule has 0 spiro atoms. The second kappa shape index (κ2) is 6.18. The van der Waals surface area contributed by atoms with E-state index >= 15 is 0 Å². The third-order valence-electron chi connectivity index (χ3n) is 2.68. The van der Waals surface area contributed by atoms with E-state index in [9.17, 15) is 8.78 Å². The summed E-state index contributed by atoms with van der Waals surface area (Å²) in [5.41, 5.74) is 0.975. The molecule has 1 aromatic carbocycles. The van der Waals surface area contributed by atoms with Crippen molar-refractivity contribution < 1.29 is 13.5 Å². The van der Waals surface area contributed by atoms with Gasteiger partial charge in [-0.2, -0.15) is 0 Å². The summed E-state index contributed by atoms with van der Waals surface area (Å²) in [5.74, 6) is -0.986. The molecule has 0 unspecified atom stereocenters. The van der Waals surface area contributed by atoms with Gasteiger partial charge in [0.05, 0.1) is 0 Å². The van der Waals surface area contributed by atoms with Gasteiger partial charge in [-0.25, -0.2) is 13.8 Å². The van der Waals surface area contributed by atoms with Crippen molar-refractivity contribution in [2.24, 2.45) is 0 Å². The molecule has 0 radical (unpaired) electrons. The average molecular weight is 292 g/mol. The molecule has 0 fully saturated rings. The Morgan fingerprint density at radius 2 is 1.76 bits per heavy atom. The number of ether oxygens (including phenoxy) is 1. The molecule has 112 valence electrons. The number of benzene rings is 1. The predicted molar refractivity (Wildman–Crippen MR) is 77.3 cm³/mol. The third-order valence-corrected chi connectivity index (χ3v) is 2.68. The van der Waals surface area contributed by atoms with Crippen LogP contribution in [0.3, 0.4) is 0 Å². The first-order valence-electron chi connectivity index (χ1n) is 6.66. The molecule has 0 aliphatic rings. The number of aromatic nitrogens is 1. The molecule has 0 atom stereocenters. The molecule has 0 amide bonds. The summed E-state index contributed by atoms with van der Waals surface area (Å²) in [5, 5.41) is 3.34. The number of nitrogens with zero attached hydrogens (tertiary/aromatic N) is 1. The highest BCUT2D eigenvalue weighted by molar-refractivity contribution is 5.30. The van der Waals surface area contributed by atoms with Gasteiger partial charge in [-0.15, -0.1) is 0 Å². The molecule has 0 aliphatic heterocycles. The Morgan fingerprint density at radius 1 is 1.10 bits per heavy atom. The van der Waals surface area contributed by atoms with Gasteiger partial charge in [0.1, 0.15) is 17.4 Å². The van der Waals surface area contributed by atoms with Gasteiger partial charge in [-0.05, 0) is 32.4 Å². The smallest absolute Gasteiger partial charge is 0.219 e. The van der Waals surface area contributed by atoms with Gasteiger partial charge >= 0.3 is 0 Å². The SMILES string of the molecule is CC(C)(C)NCc1ccnc(Oc2cc(F)cc(F)c2)c1. The highest BCUT2D eigenvalue weighted by atomic mass is 19.1. The number of rotatable bonds is 4. The standard InChI is InChI=1S/C16H18F2N2O/c1-16(2,3)20-10-11-4-5-19-15(6-11)21-14-8-12(17)7-13(18)9-14/h4-9,20H,10H2,1-3H3. The van der Waals surface area contributed by atoms with Crippen molar-refractivity contribution in [3.63, 3.8) is 0 Å². The van der Waals surface area contributed by atoms with Crippen LogP contribution < -0.4 is 10.1 Å². The lowest BCUT2D eigenvalue weighted by molar-refractivity contribution is 0.421. The maximum Gasteiger partial charge on any atom is 0.219 e. The van der Waals surface area contributed by atoms with Gasteiger partial charge < -0.3 is 10.1 Å². The summed E-state index contributed by atoms with van der Waals surface area (Å²) >= 11 is 0. The van der Waals surface area contributed by atoms with Crippen LogP contribution in [0, 0.1) is 11.6 Å². The van der Waals surface area contributed by atoms with E-state index in [2.05, 4.69) is 31.1 Å². The van der Waals surface area contributed by atoms with Crippen molar-refractivity contribution in [1.29, 1.82) is 0 Å². The molecule has 5 heteroatoms. The quantitative estimate of drug-likeness (QED) is 0.923. The van der Waals surface area contributed by atoms with E-state index < -0.39 is 11.6 Å². The van der Waals surface area contributed by atoms with E-state index in [1.807, 2.05) is 6.07 Å². The molecule has 3 nitrogen and oxygen atoms in total. The van der Waals surface area contributed by atoms with E-state index in [0.717, 1.165) is 23.8 Å². The molecule has 2 aromatic rings. The molecule has 2 rings (SSSR count). The maximum atomic E-state index is 13.1. The Morgan fingerprint density at radius 3 is 2.38 bits per heavy atom. The maximum absolute atomic E-state index is 13.1. The van der Waals surface area contributed by atoms with E-state index in [1.54, 1.807) is 12.3 Å². The van der Waals surface area contributed by atoms with Crippen LogP contribution in [0.15, 0.2) is 36.5 Å². The molecule has 1 N–H and O–H groups in total. The van der Waals surface area contributed by atoms with Crippen molar-refractivity contribution in [2.75, 3.05) is 0 Å². The van der Waals surface area contributed by atoms with Crippen LogP contribution >= 0.6 is 0 Å². The van der Waals surface area contributed by atoms with E-state index in [4.69, 9.17) is 4.74 Å². The van der Waals surface area contributed by atoms with Crippen LogP contribution in [0.4, 0.5) is 8.78 Å². The first kappa shape index (κ1) is 15.4. The number of halogens is 2. The highest BCUT2D eigenvalue weighted by Crippen LogP contribution is 2.22. The Labute approximate surface area is 123 Å². The molecule has 0 bridgehead atoms. The van der Waals surface area contributed by atoms with Crippen LogP contribution in [0.25, 0.3) is 0 Å². The van der Waals surface area contributed by atoms with Crippen molar-refractivity contribution in [3.8, 4) is 11.6 Å². The summed E-state index contributed by atoms with van der Waals surface area (Å²) in [6.07, 6.45) is 1.60. The molecule has 0 aliphatic carbocycles. The topological polar surface area (TPSA) is 34.2 Å². The Hall–Kier alpha value is -2.01.